The first kappa shape index (κ1) is 17.3. The summed E-state index contributed by atoms with van der Waals surface area (Å²) in [4.78, 5) is 17.5. The van der Waals surface area contributed by atoms with Crippen LogP contribution in [0.4, 0.5) is 0 Å². The molecule has 8 heteroatoms. The van der Waals surface area contributed by atoms with Crippen LogP contribution >= 0.6 is 0 Å². The van der Waals surface area contributed by atoms with Crippen LogP contribution in [0.3, 0.4) is 0 Å². The predicted molar refractivity (Wildman–Crippen MR) is 98.6 cm³/mol. The van der Waals surface area contributed by atoms with Gasteiger partial charge < -0.3 is 10.6 Å². The van der Waals surface area contributed by atoms with E-state index in [0.717, 1.165) is 36.3 Å². The number of fused-ring (bicyclic) bond motifs is 1. The minimum Gasteiger partial charge on any atom is -0.350 e. The molecule has 8 nitrogen and oxygen atoms in total. The minimum atomic E-state index is -0.615. The van der Waals surface area contributed by atoms with Crippen molar-refractivity contribution < 1.29 is 4.79 Å². The molecule has 138 valence electrons. The van der Waals surface area contributed by atoms with Gasteiger partial charge in [0.2, 0.25) is 5.91 Å². The molecule has 0 radical (unpaired) electrons. The van der Waals surface area contributed by atoms with Crippen molar-refractivity contribution in [1.29, 1.82) is 0 Å². The SMILES string of the molecule is Cc1ncc2c(c1CNC(=O)C(c1ccccc1)n1cnnn1)CCNC2. The van der Waals surface area contributed by atoms with Crippen LogP contribution in [0.2, 0.25) is 0 Å². The summed E-state index contributed by atoms with van der Waals surface area (Å²) in [5.74, 6) is -0.153. The van der Waals surface area contributed by atoms with Gasteiger partial charge in [0.05, 0.1) is 0 Å². The van der Waals surface area contributed by atoms with Crippen molar-refractivity contribution in [2.75, 3.05) is 6.54 Å². The molecule has 0 saturated heterocycles. The van der Waals surface area contributed by atoms with E-state index in [1.165, 1.54) is 22.1 Å². The highest BCUT2D eigenvalue weighted by molar-refractivity contribution is 5.83. The number of carbonyl (C=O) groups is 1. The third kappa shape index (κ3) is 3.56. The summed E-state index contributed by atoms with van der Waals surface area (Å²) >= 11 is 0. The second-order valence-electron chi connectivity index (χ2n) is 6.57. The first-order chi connectivity index (χ1) is 13.2. The van der Waals surface area contributed by atoms with E-state index in [4.69, 9.17) is 0 Å². The smallest absolute Gasteiger partial charge is 0.249 e. The number of nitrogens with zero attached hydrogens (tertiary/aromatic N) is 5. The second kappa shape index (κ2) is 7.63. The maximum Gasteiger partial charge on any atom is 0.249 e. The molecule has 1 amide bonds. The lowest BCUT2D eigenvalue weighted by molar-refractivity contribution is -0.123. The molecular weight excluding hydrogens is 342 g/mol. The molecule has 1 atom stereocenters. The fourth-order valence-electron chi connectivity index (χ4n) is 3.50. The van der Waals surface area contributed by atoms with Crippen LogP contribution in [0.1, 0.15) is 34.0 Å². The topological polar surface area (TPSA) is 97.6 Å². The normalized spacial score (nSPS) is 14.4. The summed E-state index contributed by atoms with van der Waals surface area (Å²) in [6.45, 7) is 4.18. The van der Waals surface area contributed by atoms with Gasteiger partial charge in [-0.3, -0.25) is 9.78 Å². The van der Waals surface area contributed by atoms with Crippen molar-refractivity contribution in [3.05, 3.63) is 70.8 Å². The van der Waals surface area contributed by atoms with Crippen LogP contribution in [0.25, 0.3) is 0 Å². The molecule has 0 aliphatic carbocycles. The maximum atomic E-state index is 13.0. The number of aromatic nitrogens is 5. The van der Waals surface area contributed by atoms with Crippen molar-refractivity contribution in [2.24, 2.45) is 0 Å². The van der Waals surface area contributed by atoms with Gasteiger partial charge in [0.15, 0.2) is 6.04 Å². The Morgan fingerprint density at radius 2 is 2.19 bits per heavy atom. The van der Waals surface area contributed by atoms with Crippen LogP contribution in [0, 0.1) is 6.92 Å². The molecule has 1 unspecified atom stereocenters. The number of hydrogen-bond donors (Lipinski definition) is 2. The highest BCUT2D eigenvalue weighted by Crippen LogP contribution is 2.21. The molecule has 0 bridgehead atoms. The van der Waals surface area contributed by atoms with Gasteiger partial charge in [-0.2, -0.15) is 0 Å². The molecule has 0 spiro atoms. The van der Waals surface area contributed by atoms with Crippen molar-refractivity contribution in [2.45, 2.75) is 32.5 Å². The lowest BCUT2D eigenvalue weighted by Gasteiger charge is -2.22. The Morgan fingerprint density at radius 1 is 1.33 bits per heavy atom. The van der Waals surface area contributed by atoms with E-state index < -0.39 is 6.04 Å². The van der Waals surface area contributed by atoms with Gasteiger partial charge in [-0.05, 0) is 52.6 Å². The largest absolute Gasteiger partial charge is 0.350 e. The molecule has 1 aliphatic rings. The van der Waals surface area contributed by atoms with Crippen LogP contribution < -0.4 is 10.6 Å². The number of benzene rings is 1. The molecule has 0 fully saturated rings. The summed E-state index contributed by atoms with van der Waals surface area (Å²) in [7, 11) is 0. The van der Waals surface area contributed by atoms with Gasteiger partial charge in [0, 0.05) is 25.0 Å². The minimum absolute atomic E-state index is 0.153. The quantitative estimate of drug-likeness (QED) is 0.700. The molecule has 0 saturated carbocycles. The number of carbonyl (C=O) groups excluding carboxylic acids is 1. The lowest BCUT2D eigenvalue weighted by atomic mass is 9.96. The van der Waals surface area contributed by atoms with Gasteiger partial charge >= 0.3 is 0 Å². The van der Waals surface area contributed by atoms with E-state index in [1.807, 2.05) is 43.5 Å². The lowest BCUT2D eigenvalue weighted by Crippen LogP contribution is -2.34. The monoisotopic (exact) mass is 363 g/mol. The maximum absolute atomic E-state index is 13.0. The molecule has 27 heavy (non-hydrogen) atoms. The zero-order valence-corrected chi connectivity index (χ0v) is 15.1. The summed E-state index contributed by atoms with van der Waals surface area (Å²) in [5, 5.41) is 17.7. The summed E-state index contributed by atoms with van der Waals surface area (Å²) in [6, 6.07) is 8.89. The summed E-state index contributed by atoms with van der Waals surface area (Å²) in [6.07, 6.45) is 4.33. The van der Waals surface area contributed by atoms with Gasteiger partial charge in [-0.25, -0.2) is 4.68 Å². The number of pyridine rings is 1. The summed E-state index contributed by atoms with van der Waals surface area (Å²) < 4.78 is 1.47. The van der Waals surface area contributed by atoms with E-state index >= 15 is 0 Å². The van der Waals surface area contributed by atoms with Gasteiger partial charge in [-0.1, -0.05) is 30.3 Å². The molecule has 4 rings (SSSR count). The zero-order valence-electron chi connectivity index (χ0n) is 15.1. The van der Waals surface area contributed by atoms with Gasteiger partial charge in [0.1, 0.15) is 6.33 Å². The first-order valence-electron chi connectivity index (χ1n) is 8.96. The second-order valence-corrected chi connectivity index (χ2v) is 6.57. The Bertz CT molecular complexity index is 925. The number of hydrogen-bond acceptors (Lipinski definition) is 6. The van der Waals surface area contributed by atoms with Crippen molar-refractivity contribution in [3.8, 4) is 0 Å². The van der Waals surface area contributed by atoms with E-state index in [-0.39, 0.29) is 5.91 Å². The molecule has 1 aromatic carbocycles. The number of nitrogens with one attached hydrogen (secondary N) is 2. The van der Waals surface area contributed by atoms with E-state index in [1.54, 1.807) is 0 Å². The fraction of sp³-hybridized carbons (Fsp3) is 0.316. The molecule has 2 aromatic heterocycles. The average molecular weight is 363 g/mol. The number of rotatable bonds is 5. The molecule has 2 N–H and O–H groups in total. The average Bonchev–Trinajstić information content (AvgIpc) is 3.22. The van der Waals surface area contributed by atoms with E-state index in [0.29, 0.717) is 6.54 Å². The Hall–Kier alpha value is -3.13. The van der Waals surface area contributed by atoms with Crippen LogP contribution in [-0.4, -0.2) is 37.6 Å². The third-order valence-corrected chi connectivity index (χ3v) is 4.90. The summed E-state index contributed by atoms with van der Waals surface area (Å²) in [5.41, 5.74) is 5.38. The molecule has 1 aliphatic heterocycles. The van der Waals surface area contributed by atoms with E-state index in [2.05, 4.69) is 31.1 Å². The Kier molecular flexibility index (Phi) is 4.88. The zero-order chi connectivity index (χ0) is 18.6. The standard InChI is InChI=1S/C19H21N7O/c1-13-17(16-7-8-20-9-15(16)10-21-13)11-22-19(27)18(26-12-23-24-25-26)14-5-3-2-4-6-14/h2-6,10,12,18,20H,7-9,11H2,1H3,(H,22,27). The van der Waals surface area contributed by atoms with Gasteiger partial charge in [0.25, 0.3) is 0 Å². The van der Waals surface area contributed by atoms with Crippen molar-refractivity contribution in [3.63, 3.8) is 0 Å². The van der Waals surface area contributed by atoms with Crippen LogP contribution in [0.15, 0.2) is 42.9 Å². The van der Waals surface area contributed by atoms with Crippen LogP contribution in [0.5, 0.6) is 0 Å². The molecule has 3 aromatic rings. The third-order valence-electron chi connectivity index (χ3n) is 4.90. The van der Waals surface area contributed by atoms with Crippen molar-refractivity contribution >= 4 is 5.91 Å². The van der Waals surface area contributed by atoms with E-state index in [9.17, 15) is 4.79 Å². The number of amides is 1. The fourth-order valence-corrected chi connectivity index (χ4v) is 3.50. The number of aryl methyl sites for hydroxylation is 1. The highest BCUT2D eigenvalue weighted by Gasteiger charge is 2.24. The highest BCUT2D eigenvalue weighted by atomic mass is 16.2. The first-order valence-corrected chi connectivity index (χ1v) is 8.96. The Labute approximate surface area is 157 Å². The predicted octanol–water partition coefficient (Wildman–Crippen LogP) is 0.928. The van der Waals surface area contributed by atoms with Gasteiger partial charge in [-0.15, -0.1) is 5.10 Å². The Balaban J connectivity index is 1.58. The van der Waals surface area contributed by atoms with Crippen LogP contribution in [-0.2, 0) is 24.3 Å². The molecular formula is C19H21N7O. The van der Waals surface area contributed by atoms with Crippen molar-refractivity contribution in [1.82, 2.24) is 35.8 Å². The molecule has 3 heterocycles. The number of tetrazole rings is 1. The Morgan fingerprint density at radius 3 is 2.96 bits per heavy atom.